The highest BCUT2D eigenvalue weighted by Gasteiger charge is 2.33. The molecule has 2 rings (SSSR count). The molecule has 7 heteroatoms. The Morgan fingerprint density at radius 2 is 1.95 bits per heavy atom. The van der Waals surface area contributed by atoms with E-state index in [9.17, 15) is 0 Å². The SMILES string of the molecule is CC1(C)N=C(N)N=C(N)N1OCc1ccc(C#N)cc1. The molecule has 0 amide bonds. The van der Waals surface area contributed by atoms with Gasteiger partial charge in [0.15, 0.2) is 5.66 Å². The van der Waals surface area contributed by atoms with E-state index >= 15 is 0 Å². The second-order valence-electron chi connectivity index (χ2n) is 4.81. The lowest BCUT2D eigenvalue weighted by Crippen LogP contribution is -2.53. The Labute approximate surface area is 117 Å². The summed E-state index contributed by atoms with van der Waals surface area (Å²) in [6.45, 7) is 3.93. The molecule has 0 bridgehead atoms. The standard InChI is InChI=1S/C13H16N6O/c1-13(2)18-11(15)17-12(16)19(13)20-8-10-5-3-9(7-14)4-6-10/h3-6H,8H2,1-2H3,(H4,15,16,17,18). The van der Waals surface area contributed by atoms with Crippen molar-refractivity contribution >= 4 is 11.9 Å². The van der Waals surface area contributed by atoms with E-state index in [1.165, 1.54) is 5.06 Å². The minimum atomic E-state index is -0.720. The largest absolute Gasteiger partial charge is 0.368 e. The maximum Gasteiger partial charge on any atom is 0.226 e. The number of guanidine groups is 2. The fourth-order valence-electron chi connectivity index (χ4n) is 1.83. The molecule has 1 aromatic carbocycles. The number of aliphatic imine (C=N–C) groups is 2. The van der Waals surface area contributed by atoms with Crippen LogP contribution in [0.4, 0.5) is 0 Å². The van der Waals surface area contributed by atoms with Crippen molar-refractivity contribution in [1.29, 1.82) is 5.26 Å². The van der Waals surface area contributed by atoms with Gasteiger partial charge in [-0.2, -0.15) is 15.3 Å². The van der Waals surface area contributed by atoms with Gasteiger partial charge in [0.1, 0.15) is 6.61 Å². The summed E-state index contributed by atoms with van der Waals surface area (Å²) in [4.78, 5) is 13.7. The zero-order chi connectivity index (χ0) is 14.8. The van der Waals surface area contributed by atoms with Crippen LogP contribution in [0.5, 0.6) is 0 Å². The predicted molar refractivity (Wildman–Crippen MR) is 75.1 cm³/mol. The highest BCUT2D eigenvalue weighted by Crippen LogP contribution is 2.20. The summed E-state index contributed by atoms with van der Waals surface area (Å²) in [5.74, 6) is 0.293. The van der Waals surface area contributed by atoms with Crippen molar-refractivity contribution in [3.05, 3.63) is 35.4 Å². The molecule has 1 heterocycles. The first kappa shape index (κ1) is 13.8. The Kier molecular flexibility index (Phi) is 3.59. The lowest BCUT2D eigenvalue weighted by Gasteiger charge is -2.36. The van der Waals surface area contributed by atoms with Crippen LogP contribution < -0.4 is 11.5 Å². The molecule has 0 radical (unpaired) electrons. The fourth-order valence-corrected chi connectivity index (χ4v) is 1.83. The first-order valence-corrected chi connectivity index (χ1v) is 6.04. The van der Waals surface area contributed by atoms with Gasteiger partial charge in [0.25, 0.3) is 0 Å². The van der Waals surface area contributed by atoms with Crippen LogP contribution in [0.25, 0.3) is 0 Å². The quantitative estimate of drug-likeness (QED) is 0.839. The summed E-state index contributed by atoms with van der Waals surface area (Å²) in [7, 11) is 0. The molecule has 104 valence electrons. The highest BCUT2D eigenvalue weighted by atomic mass is 16.7. The third-order valence-corrected chi connectivity index (χ3v) is 2.77. The van der Waals surface area contributed by atoms with E-state index < -0.39 is 5.66 Å². The molecular formula is C13H16N6O. The van der Waals surface area contributed by atoms with E-state index in [1.54, 1.807) is 12.1 Å². The maximum absolute atomic E-state index is 8.74. The van der Waals surface area contributed by atoms with Gasteiger partial charge < -0.3 is 11.5 Å². The molecule has 0 spiro atoms. The first-order chi connectivity index (χ1) is 9.42. The van der Waals surface area contributed by atoms with Crippen LogP contribution in [0.1, 0.15) is 25.0 Å². The van der Waals surface area contributed by atoms with Gasteiger partial charge in [-0.3, -0.25) is 4.84 Å². The van der Waals surface area contributed by atoms with Crippen molar-refractivity contribution in [2.45, 2.75) is 26.1 Å². The molecule has 1 aromatic rings. The fraction of sp³-hybridized carbons (Fsp3) is 0.308. The van der Waals surface area contributed by atoms with Crippen LogP contribution >= 0.6 is 0 Å². The number of hydrogen-bond acceptors (Lipinski definition) is 7. The summed E-state index contributed by atoms with van der Waals surface area (Å²) >= 11 is 0. The molecule has 0 saturated carbocycles. The van der Waals surface area contributed by atoms with Crippen molar-refractivity contribution < 1.29 is 4.84 Å². The third kappa shape index (κ3) is 2.87. The van der Waals surface area contributed by atoms with Crippen LogP contribution in [0.2, 0.25) is 0 Å². The topological polar surface area (TPSA) is 113 Å². The Bertz CT molecular complexity index is 596. The molecule has 1 aliphatic heterocycles. The summed E-state index contributed by atoms with van der Waals surface area (Å²) in [5.41, 5.74) is 12.2. The van der Waals surface area contributed by atoms with Crippen LogP contribution in [0.3, 0.4) is 0 Å². The van der Waals surface area contributed by atoms with E-state index in [0.29, 0.717) is 12.2 Å². The smallest absolute Gasteiger partial charge is 0.226 e. The zero-order valence-corrected chi connectivity index (χ0v) is 11.4. The molecule has 1 aliphatic rings. The van der Waals surface area contributed by atoms with Crippen molar-refractivity contribution in [1.82, 2.24) is 5.06 Å². The van der Waals surface area contributed by atoms with Gasteiger partial charge in [0, 0.05) is 0 Å². The highest BCUT2D eigenvalue weighted by molar-refractivity contribution is 5.95. The summed E-state index contributed by atoms with van der Waals surface area (Å²) in [5, 5.41) is 10.2. The van der Waals surface area contributed by atoms with Gasteiger partial charge in [0.05, 0.1) is 11.6 Å². The number of rotatable bonds is 3. The second kappa shape index (κ2) is 5.19. The lowest BCUT2D eigenvalue weighted by atomic mass is 10.2. The van der Waals surface area contributed by atoms with Crippen molar-refractivity contribution in [2.75, 3.05) is 0 Å². The lowest BCUT2D eigenvalue weighted by molar-refractivity contribution is -0.166. The molecule has 0 saturated heterocycles. The molecule has 0 aromatic heterocycles. The second-order valence-corrected chi connectivity index (χ2v) is 4.81. The maximum atomic E-state index is 8.74. The van der Waals surface area contributed by atoms with Gasteiger partial charge >= 0.3 is 0 Å². The molecule has 0 fully saturated rings. The van der Waals surface area contributed by atoms with Gasteiger partial charge in [-0.15, -0.1) is 0 Å². The van der Waals surface area contributed by atoms with Gasteiger partial charge in [-0.05, 0) is 31.5 Å². The predicted octanol–water partition coefficient (Wildman–Crippen LogP) is 0.671. The van der Waals surface area contributed by atoms with Gasteiger partial charge in [0.2, 0.25) is 11.9 Å². The monoisotopic (exact) mass is 272 g/mol. The van der Waals surface area contributed by atoms with Crippen LogP contribution in [-0.2, 0) is 11.4 Å². The van der Waals surface area contributed by atoms with E-state index in [0.717, 1.165) is 5.56 Å². The Balaban J connectivity index is 2.07. The van der Waals surface area contributed by atoms with Crippen molar-refractivity contribution in [3.8, 4) is 6.07 Å². The normalized spacial score (nSPS) is 17.1. The first-order valence-electron chi connectivity index (χ1n) is 6.04. The molecular weight excluding hydrogens is 256 g/mol. The minimum Gasteiger partial charge on any atom is -0.368 e. The van der Waals surface area contributed by atoms with E-state index in [2.05, 4.69) is 16.1 Å². The number of nitrogens with two attached hydrogens (primary N) is 2. The Morgan fingerprint density at radius 1 is 1.30 bits per heavy atom. The zero-order valence-electron chi connectivity index (χ0n) is 11.4. The average molecular weight is 272 g/mol. The molecule has 0 aliphatic carbocycles. The number of nitriles is 1. The number of hydrogen-bond donors (Lipinski definition) is 2. The van der Waals surface area contributed by atoms with Crippen molar-refractivity contribution in [2.24, 2.45) is 21.5 Å². The molecule has 0 unspecified atom stereocenters. The van der Waals surface area contributed by atoms with Crippen LogP contribution in [0.15, 0.2) is 34.3 Å². The minimum absolute atomic E-state index is 0.130. The summed E-state index contributed by atoms with van der Waals surface area (Å²) in [6, 6.07) is 9.16. The molecule has 20 heavy (non-hydrogen) atoms. The molecule has 4 N–H and O–H groups in total. The van der Waals surface area contributed by atoms with Crippen LogP contribution in [0, 0.1) is 11.3 Å². The third-order valence-electron chi connectivity index (χ3n) is 2.77. The van der Waals surface area contributed by atoms with Gasteiger partial charge in [-0.1, -0.05) is 12.1 Å². The Hall–Kier alpha value is -2.59. The van der Waals surface area contributed by atoms with Crippen molar-refractivity contribution in [3.63, 3.8) is 0 Å². The molecule has 0 atom stereocenters. The number of hydroxylamine groups is 2. The van der Waals surface area contributed by atoms with Crippen LogP contribution in [-0.4, -0.2) is 22.6 Å². The Morgan fingerprint density at radius 3 is 2.50 bits per heavy atom. The number of benzene rings is 1. The van der Waals surface area contributed by atoms with E-state index in [4.69, 9.17) is 21.6 Å². The average Bonchev–Trinajstić information content (AvgIpc) is 2.37. The molecule has 7 nitrogen and oxygen atoms in total. The van der Waals surface area contributed by atoms with E-state index in [1.807, 2.05) is 26.0 Å². The van der Waals surface area contributed by atoms with E-state index in [-0.39, 0.29) is 11.9 Å². The summed E-state index contributed by atoms with van der Waals surface area (Å²) in [6.07, 6.45) is 0. The number of nitrogens with zero attached hydrogens (tertiary/aromatic N) is 4. The summed E-state index contributed by atoms with van der Waals surface area (Å²) < 4.78 is 0. The van der Waals surface area contributed by atoms with Gasteiger partial charge in [-0.25, -0.2) is 4.99 Å².